The molecule has 0 spiro atoms. The largest absolute Gasteiger partial charge is 0.396 e. The maximum Gasteiger partial charge on any atom is 0.0471 e. The minimum absolute atomic E-state index is 0.0994. The summed E-state index contributed by atoms with van der Waals surface area (Å²) >= 11 is 0. The molecular formula is C24H26O3. The van der Waals surface area contributed by atoms with Gasteiger partial charge in [0.2, 0.25) is 0 Å². The van der Waals surface area contributed by atoms with Gasteiger partial charge in [0, 0.05) is 19.8 Å². The molecule has 0 heterocycles. The Morgan fingerprint density at radius 2 is 1.22 bits per heavy atom. The van der Waals surface area contributed by atoms with E-state index in [9.17, 15) is 10.2 Å². The minimum Gasteiger partial charge on any atom is -0.396 e. The van der Waals surface area contributed by atoms with Crippen LogP contribution in [-0.4, -0.2) is 35.1 Å². The SMILES string of the molecule is OCCc1ccc(-c2cccc(CCO)c2-c2cccc(CCO)c2)cc1. The molecule has 0 radical (unpaired) electrons. The molecule has 140 valence electrons. The number of hydrogen-bond acceptors (Lipinski definition) is 3. The molecule has 0 unspecified atom stereocenters. The van der Waals surface area contributed by atoms with Crippen LogP contribution < -0.4 is 0 Å². The summed E-state index contributed by atoms with van der Waals surface area (Å²) < 4.78 is 0. The van der Waals surface area contributed by atoms with Crippen molar-refractivity contribution in [2.45, 2.75) is 19.3 Å². The zero-order chi connectivity index (χ0) is 19.1. The topological polar surface area (TPSA) is 60.7 Å². The fourth-order valence-corrected chi connectivity index (χ4v) is 3.50. The van der Waals surface area contributed by atoms with Crippen LogP contribution in [0.3, 0.4) is 0 Å². The summed E-state index contributed by atoms with van der Waals surface area (Å²) in [5.74, 6) is 0. The fourth-order valence-electron chi connectivity index (χ4n) is 3.50. The Morgan fingerprint density at radius 1 is 0.556 bits per heavy atom. The lowest BCUT2D eigenvalue weighted by Crippen LogP contribution is -1.98. The normalized spacial score (nSPS) is 10.9. The monoisotopic (exact) mass is 362 g/mol. The molecule has 0 saturated heterocycles. The molecule has 0 saturated carbocycles. The van der Waals surface area contributed by atoms with Gasteiger partial charge in [-0.15, -0.1) is 0 Å². The van der Waals surface area contributed by atoms with Gasteiger partial charge in [-0.05, 0) is 58.2 Å². The predicted molar refractivity (Wildman–Crippen MR) is 110 cm³/mol. The molecule has 0 aromatic heterocycles. The zero-order valence-electron chi connectivity index (χ0n) is 15.4. The second-order valence-electron chi connectivity index (χ2n) is 6.66. The fraction of sp³-hybridized carbons (Fsp3) is 0.250. The Labute approximate surface area is 160 Å². The van der Waals surface area contributed by atoms with Crippen molar-refractivity contribution in [3.63, 3.8) is 0 Å². The molecule has 27 heavy (non-hydrogen) atoms. The molecular weight excluding hydrogens is 336 g/mol. The van der Waals surface area contributed by atoms with Crippen molar-refractivity contribution < 1.29 is 15.3 Å². The molecule has 3 heteroatoms. The first kappa shape index (κ1) is 19.3. The Hall–Kier alpha value is -2.46. The van der Waals surface area contributed by atoms with Crippen molar-refractivity contribution in [3.8, 4) is 22.3 Å². The van der Waals surface area contributed by atoms with Crippen LogP contribution in [0.15, 0.2) is 66.7 Å². The molecule has 3 rings (SSSR count). The molecule has 3 aromatic carbocycles. The smallest absolute Gasteiger partial charge is 0.0471 e. The van der Waals surface area contributed by atoms with Crippen molar-refractivity contribution in [3.05, 3.63) is 83.4 Å². The summed E-state index contributed by atoms with van der Waals surface area (Å²) in [6.07, 6.45) is 1.87. The van der Waals surface area contributed by atoms with E-state index in [1.54, 1.807) is 0 Å². The van der Waals surface area contributed by atoms with Crippen LogP contribution in [0.4, 0.5) is 0 Å². The summed E-state index contributed by atoms with van der Waals surface area (Å²) in [5.41, 5.74) is 7.77. The molecule has 0 fully saturated rings. The Balaban J connectivity index is 2.11. The first-order chi connectivity index (χ1) is 13.3. The van der Waals surface area contributed by atoms with Gasteiger partial charge in [0.15, 0.2) is 0 Å². The van der Waals surface area contributed by atoms with Crippen molar-refractivity contribution in [1.29, 1.82) is 0 Å². The van der Waals surface area contributed by atoms with E-state index in [-0.39, 0.29) is 19.8 Å². The van der Waals surface area contributed by atoms with Gasteiger partial charge in [0.05, 0.1) is 0 Å². The van der Waals surface area contributed by atoms with E-state index < -0.39 is 0 Å². The maximum absolute atomic E-state index is 9.53. The van der Waals surface area contributed by atoms with E-state index in [0.717, 1.165) is 38.9 Å². The molecule has 0 aliphatic carbocycles. The predicted octanol–water partition coefficient (Wildman–Crippen LogP) is 3.63. The molecule has 0 aliphatic heterocycles. The van der Waals surface area contributed by atoms with Crippen molar-refractivity contribution in [1.82, 2.24) is 0 Å². The summed E-state index contributed by atoms with van der Waals surface area (Å²) in [6, 6.07) is 22.7. The minimum atomic E-state index is 0.0994. The highest BCUT2D eigenvalue weighted by Gasteiger charge is 2.13. The third-order valence-corrected chi connectivity index (χ3v) is 4.81. The average molecular weight is 362 g/mol. The van der Waals surface area contributed by atoms with Crippen LogP contribution in [0, 0.1) is 0 Å². The second-order valence-corrected chi connectivity index (χ2v) is 6.66. The van der Waals surface area contributed by atoms with Crippen LogP contribution in [0.25, 0.3) is 22.3 Å². The van der Waals surface area contributed by atoms with Gasteiger partial charge in [-0.25, -0.2) is 0 Å². The molecule has 0 amide bonds. The highest BCUT2D eigenvalue weighted by molar-refractivity contribution is 5.86. The lowest BCUT2D eigenvalue weighted by molar-refractivity contribution is 0.299. The van der Waals surface area contributed by atoms with Gasteiger partial charge < -0.3 is 15.3 Å². The molecule has 0 atom stereocenters. The van der Waals surface area contributed by atoms with Crippen molar-refractivity contribution >= 4 is 0 Å². The number of aliphatic hydroxyl groups excluding tert-OH is 3. The van der Waals surface area contributed by atoms with Crippen LogP contribution >= 0.6 is 0 Å². The average Bonchev–Trinajstić information content (AvgIpc) is 2.69. The number of benzene rings is 3. The summed E-state index contributed by atoms with van der Waals surface area (Å²) in [7, 11) is 0. The Morgan fingerprint density at radius 3 is 1.93 bits per heavy atom. The van der Waals surface area contributed by atoms with E-state index in [2.05, 4.69) is 48.5 Å². The van der Waals surface area contributed by atoms with Gasteiger partial charge in [0.1, 0.15) is 0 Å². The second kappa shape index (κ2) is 9.47. The highest BCUT2D eigenvalue weighted by Crippen LogP contribution is 2.36. The van der Waals surface area contributed by atoms with Crippen LogP contribution in [0.2, 0.25) is 0 Å². The van der Waals surface area contributed by atoms with Crippen LogP contribution in [-0.2, 0) is 19.3 Å². The summed E-state index contributed by atoms with van der Waals surface area (Å²) in [4.78, 5) is 0. The molecule has 3 nitrogen and oxygen atoms in total. The molecule has 3 N–H and O–H groups in total. The van der Waals surface area contributed by atoms with Gasteiger partial charge in [-0.2, -0.15) is 0 Å². The first-order valence-electron chi connectivity index (χ1n) is 9.40. The first-order valence-corrected chi connectivity index (χ1v) is 9.40. The van der Waals surface area contributed by atoms with E-state index in [0.29, 0.717) is 19.3 Å². The third-order valence-electron chi connectivity index (χ3n) is 4.81. The number of aliphatic hydroxyl groups is 3. The van der Waals surface area contributed by atoms with E-state index in [1.807, 2.05) is 18.2 Å². The quantitative estimate of drug-likeness (QED) is 0.573. The summed E-state index contributed by atoms with van der Waals surface area (Å²) in [6.45, 7) is 0.372. The molecule has 0 bridgehead atoms. The number of rotatable bonds is 8. The van der Waals surface area contributed by atoms with Crippen molar-refractivity contribution in [2.24, 2.45) is 0 Å². The number of hydrogen-bond donors (Lipinski definition) is 3. The van der Waals surface area contributed by atoms with Gasteiger partial charge in [-0.1, -0.05) is 66.7 Å². The maximum atomic E-state index is 9.53. The van der Waals surface area contributed by atoms with Crippen LogP contribution in [0.5, 0.6) is 0 Å². The molecule has 3 aromatic rings. The van der Waals surface area contributed by atoms with Gasteiger partial charge in [0.25, 0.3) is 0 Å². The van der Waals surface area contributed by atoms with E-state index in [1.165, 1.54) is 0 Å². The standard InChI is InChI=1S/C24H26O3/c25-14-11-18-7-9-20(10-8-18)23-6-2-4-21(13-16-27)24(23)22-5-1-3-19(17-22)12-15-26/h1-10,17,25-27H,11-16H2. The van der Waals surface area contributed by atoms with Crippen LogP contribution in [0.1, 0.15) is 16.7 Å². The van der Waals surface area contributed by atoms with Gasteiger partial charge >= 0.3 is 0 Å². The van der Waals surface area contributed by atoms with E-state index >= 15 is 0 Å². The Kier molecular flexibility index (Phi) is 6.77. The van der Waals surface area contributed by atoms with Crippen molar-refractivity contribution in [2.75, 3.05) is 19.8 Å². The molecule has 0 aliphatic rings. The zero-order valence-corrected chi connectivity index (χ0v) is 15.4. The van der Waals surface area contributed by atoms with E-state index in [4.69, 9.17) is 5.11 Å². The third kappa shape index (κ3) is 4.64. The summed E-state index contributed by atoms with van der Waals surface area (Å²) in [5, 5.41) is 27.9. The van der Waals surface area contributed by atoms with Gasteiger partial charge in [-0.3, -0.25) is 0 Å². The highest BCUT2D eigenvalue weighted by atomic mass is 16.3. The lowest BCUT2D eigenvalue weighted by atomic mass is 9.88. The lowest BCUT2D eigenvalue weighted by Gasteiger charge is -2.16. The Bertz CT molecular complexity index is 869.